The topological polar surface area (TPSA) is 19.0 Å². The van der Waals surface area contributed by atoms with E-state index in [-0.39, 0.29) is 0 Å². The van der Waals surface area contributed by atoms with E-state index in [9.17, 15) is 0 Å². The van der Waals surface area contributed by atoms with Crippen LogP contribution in [0.1, 0.15) is 103 Å². The molecule has 1 aromatic carbocycles. The van der Waals surface area contributed by atoms with Crippen LogP contribution in [-0.4, -0.2) is 63.9 Å². The van der Waals surface area contributed by atoms with Crippen molar-refractivity contribution in [3.63, 3.8) is 0 Å². The molecule has 0 aromatic heterocycles. The molecule has 2 saturated carbocycles. The summed E-state index contributed by atoms with van der Waals surface area (Å²) in [5.74, 6) is 1.73. The van der Waals surface area contributed by atoms with Crippen LogP contribution in [0.15, 0.2) is 18.2 Å². The highest BCUT2D eigenvalue weighted by Crippen LogP contribution is 2.49. The van der Waals surface area contributed by atoms with E-state index in [0.717, 1.165) is 37.8 Å². The first-order valence-corrected chi connectivity index (χ1v) is 15.5. The average Bonchev–Trinajstić information content (AvgIpc) is 3.78. The van der Waals surface area contributed by atoms with E-state index in [4.69, 9.17) is 4.74 Å². The van der Waals surface area contributed by atoms with Crippen LogP contribution in [0.25, 0.3) is 0 Å². The minimum atomic E-state index is 0.441. The zero-order valence-electron chi connectivity index (χ0n) is 24.2. The molecule has 5 rings (SSSR count). The zero-order chi connectivity index (χ0) is 25.5. The molecule has 4 nitrogen and oxygen atoms in total. The van der Waals surface area contributed by atoms with Crippen molar-refractivity contribution in [1.82, 2.24) is 4.90 Å². The summed E-state index contributed by atoms with van der Waals surface area (Å²) in [5.41, 5.74) is 5.25. The predicted octanol–water partition coefficient (Wildman–Crippen LogP) is 7.32. The number of nitrogens with zero attached hydrogens (tertiary/aromatic N) is 3. The van der Waals surface area contributed by atoms with E-state index in [0.29, 0.717) is 11.5 Å². The Kier molecular flexibility index (Phi) is 10.0. The van der Waals surface area contributed by atoms with Gasteiger partial charge in [0, 0.05) is 64.3 Å². The van der Waals surface area contributed by atoms with Gasteiger partial charge in [-0.25, -0.2) is 0 Å². The molecule has 2 heterocycles. The minimum absolute atomic E-state index is 0.441. The Morgan fingerprint density at radius 1 is 0.806 bits per heavy atom. The average molecular weight is 498 g/mol. The first-order chi connectivity index (χ1) is 17.6. The standard InChI is InChI=1S/C30H49N3O.C2H6/c1-4-30(5-2)14-10-25(11-15-30)28-22-26(32-16-12-27(34-3)13-17-32)8-9-29(28)33-20-18-31(19-21-33)23-24-6-7-24;1-2/h8-9,22,24-25,27H,4-7,10-21,23H2,1-3H3;1-2H3. The number of rotatable bonds is 8. The van der Waals surface area contributed by atoms with Crippen LogP contribution < -0.4 is 9.80 Å². The van der Waals surface area contributed by atoms with Gasteiger partial charge in [-0.3, -0.25) is 4.90 Å². The largest absolute Gasteiger partial charge is 0.381 e. The van der Waals surface area contributed by atoms with Gasteiger partial charge in [0.1, 0.15) is 0 Å². The molecular weight excluding hydrogens is 442 g/mol. The van der Waals surface area contributed by atoms with Crippen LogP contribution in [0.2, 0.25) is 0 Å². The molecule has 4 aliphatic rings. The zero-order valence-corrected chi connectivity index (χ0v) is 24.2. The van der Waals surface area contributed by atoms with Crippen LogP contribution >= 0.6 is 0 Å². The van der Waals surface area contributed by atoms with E-state index < -0.39 is 0 Å². The van der Waals surface area contributed by atoms with Gasteiger partial charge in [0.15, 0.2) is 0 Å². The van der Waals surface area contributed by atoms with Crippen molar-refractivity contribution in [1.29, 1.82) is 0 Å². The van der Waals surface area contributed by atoms with Crippen molar-refractivity contribution in [2.75, 3.05) is 62.7 Å². The fraction of sp³-hybridized carbons (Fsp3) is 0.812. The summed E-state index contributed by atoms with van der Waals surface area (Å²) >= 11 is 0. The number of anilines is 2. The van der Waals surface area contributed by atoms with Gasteiger partial charge in [-0.05, 0) is 92.4 Å². The monoisotopic (exact) mass is 497 g/mol. The van der Waals surface area contributed by atoms with E-state index in [1.54, 1.807) is 11.3 Å². The second-order valence-electron chi connectivity index (χ2n) is 11.9. The Morgan fingerprint density at radius 2 is 1.44 bits per heavy atom. The molecule has 36 heavy (non-hydrogen) atoms. The molecule has 204 valence electrons. The molecule has 4 heteroatoms. The summed E-state index contributed by atoms with van der Waals surface area (Å²) in [7, 11) is 1.87. The van der Waals surface area contributed by atoms with Gasteiger partial charge in [-0.1, -0.05) is 40.5 Å². The van der Waals surface area contributed by atoms with Gasteiger partial charge in [-0.2, -0.15) is 0 Å². The third kappa shape index (κ3) is 6.59. The summed E-state index contributed by atoms with van der Waals surface area (Å²) in [5, 5.41) is 0. The summed E-state index contributed by atoms with van der Waals surface area (Å²) in [6, 6.07) is 7.52. The molecular formula is C32H55N3O. The number of hydrogen-bond acceptors (Lipinski definition) is 4. The summed E-state index contributed by atoms with van der Waals surface area (Å²) in [4.78, 5) is 8.06. The van der Waals surface area contributed by atoms with Gasteiger partial charge < -0.3 is 14.5 Å². The number of hydrogen-bond donors (Lipinski definition) is 0. The van der Waals surface area contributed by atoms with E-state index in [1.165, 1.54) is 89.8 Å². The second-order valence-corrected chi connectivity index (χ2v) is 11.9. The highest BCUT2D eigenvalue weighted by atomic mass is 16.5. The van der Waals surface area contributed by atoms with E-state index in [1.807, 2.05) is 21.0 Å². The van der Waals surface area contributed by atoms with Crippen LogP contribution in [0.5, 0.6) is 0 Å². The highest BCUT2D eigenvalue weighted by molar-refractivity contribution is 5.63. The summed E-state index contributed by atoms with van der Waals surface area (Å²) in [6.07, 6.45) is 13.9. The van der Waals surface area contributed by atoms with Crippen LogP contribution in [0, 0.1) is 11.3 Å². The molecule has 2 aliphatic carbocycles. The maximum atomic E-state index is 5.63. The quantitative estimate of drug-likeness (QED) is 0.374. The van der Waals surface area contributed by atoms with Crippen molar-refractivity contribution in [3.8, 4) is 0 Å². The minimum Gasteiger partial charge on any atom is -0.381 e. The maximum absolute atomic E-state index is 5.63. The number of piperazine rings is 1. The van der Waals surface area contributed by atoms with E-state index in [2.05, 4.69) is 46.7 Å². The molecule has 0 unspecified atom stereocenters. The molecule has 2 saturated heterocycles. The van der Waals surface area contributed by atoms with Gasteiger partial charge in [0.05, 0.1) is 6.10 Å². The van der Waals surface area contributed by atoms with Crippen LogP contribution in [0.4, 0.5) is 11.4 Å². The van der Waals surface area contributed by atoms with Crippen LogP contribution in [0.3, 0.4) is 0 Å². The number of piperidine rings is 1. The fourth-order valence-corrected chi connectivity index (χ4v) is 7.04. The lowest BCUT2D eigenvalue weighted by molar-refractivity contribution is 0.0819. The van der Waals surface area contributed by atoms with Gasteiger partial charge in [-0.15, -0.1) is 0 Å². The second kappa shape index (κ2) is 13.0. The third-order valence-corrected chi connectivity index (χ3v) is 10.1. The van der Waals surface area contributed by atoms with Gasteiger partial charge >= 0.3 is 0 Å². The fourth-order valence-electron chi connectivity index (χ4n) is 7.04. The smallest absolute Gasteiger partial charge is 0.0605 e. The SMILES string of the molecule is CC.CCC1(CC)CCC(c2cc(N3CCC(OC)CC3)ccc2N2CCN(CC3CC3)CC2)CC1. The van der Waals surface area contributed by atoms with E-state index >= 15 is 0 Å². The lowest BCUT2D eigenvalue weighted by Crippen LogP contribution is -2.47. The number of methoxy groups -OCH3 is 1. The van der Waals surface area contributed by atoms with Crippen molar-refractivity contribution < 1.29 is 4.74 Å². The normalized spacial score (nSPS) is 23.9. The highest BCUT2D eigenvalue weighted by Gasteiger charge is 2.35. The Hall–Kier alpha value is -1.26. The maximum Gasteiger partial charge on any atom is 0.0605 e. The molecule has 0 atom stereocenters. The number of ether oxygens (including phenoxy) is 1. The van der Waals surface area contributed by atoms with Gasteiger partial charge in [0.25, 0.3) is 0 Å². The molecule has 4 fully saturated rings. The Bertz CT molecular complexity index is 777. The molecule has 0 bridgehead atoms. The Morgan fingerprint density at radius 3 is 2.00 bits per heavy atom. The lowest BCUT2D eigenvalue weighted by atomic mass is 9.66. The Balaban J connectivity index is 0.00000148. The Labute approximate surface area is 222 Å². The lowest BCUT2D eigenvalue weighted by Gasteiger charge is -2.42. The van der Waals surface area contributed by atoms with Crippen molar-refractivity contribution in [2.45, 2.75) is 104 Å². The van der Waals surface area contributed by atoms with Crippen LogP contribution in [-0.2, 0) is 4.74 Å². The molecule has 0 radical (unpaired) electrons. The van der Waals surface area contributed by atoms with Crippen molar-refractivity contribution in [3.05, 3.63) is 23.8 Å². The molecule has 2 aliphatic heterocycles. The first-order valence-electron chi connectivity index (χ1n) is 15.5. The first kappa shape index (κ1) is 27.8. The third-order valence-electron chi connectivity index (χ3n) is 10.1. The molecule has 0 amide bonds. The summed E-state index contributed by atoms with van der Waals surface area (Å²) in [6.45, 7) is 17.3. The van der Waals surface area contributed by atoms with Crippen molar-refractivity contribution in [2.24, 2.45) is 11.3 Å². The predicted molar refractivity (Wildman–Crippen MR) is 156 cm³/mol. The van der Waals surface area contributed by atoms with Crippen molar-refractivity contribution >= 4 is 11.4 Å². The molecule has 0 spiro atoms. The summed E-state index contributed by atoms with van der Waals surface area (Å²) < 4.78 is 5.63. The molecule has 0 N–H and O–H groups in total. The van der Waals surface area contributed by atoms with Gasteiger partial charge in [0.2, 0.25) is 0 Å². The molecule has 1 aromatic rings. The number of benzene rings is 1.